The maximum Gasteiger partial charge on any atom is 0.246 e. The van der Waals surface area contributed by atoms with Gasteiger partial charge in [-0.05, 0) is 32.4 Å². The lowest BCUT2D eigenvalue weighted by atomic mass is 10.2. The molecule has 0 spiro atoms. The van der Waals surface area contributed by atoms with Crippen molar-refractivity contribution < 1.29 is 23.0 Å². The molecule has 0 atom stereocenters. The minimum Gasteiger partial charge on any atom is -0.493 e. The number of terminal acetylenes is 1. The van der Waals surface area contributed by atoms with E-state index >= 15 is 0 Å². The van der Waals surface area contributed by atoms with Crippen molar-refractivity contribution in [3.8, 4) is 24.0 Å². The fourth-order valence-electron chi connectivity index (χ4n) is 3.67. The van der Waals surface area contributed by atoms with Crippen LogP contribution in [0.25, 0.3) is 10.9 Å². The Balaban J connectivity index is 1.50. The monoisotopic (exact) mass is 535 g/mol. The topological polar surface area (TPSA) is 115 Å². The van der Waals surface area contributed by atoms with Crippen molar-refractivity contribution in [2.24, 2.45) is 0 Å². The molecule has 0 unspecified atom stereocenters. The molecular weight excluding hydrogens is 508 g/mol. The van der Waals surface area contributed by atoms with Crippen molar-refractivity contribution >= 4 is 34.0 Å². The Bertz CT molecular complexity index is 1500. The number of fused-ring (bicyclic) bond motifs is 1. The number of nitrogens with zero attached hydrogens (tertiary/aromatic N) is 4. The van der Waals surface area contributed by atoms with Gasteiger partial charge in [0.25, 0.3) is 0 Å². The number of nitrogens with one attached hydrogen (secondary N) is 3. The van der Waals surface area contributed by atoms with E-state index in [0.717, 1.165) is 12.5 Å². The molecule has 0 radical (unpaired) electrons. The van der Waals surface area contributed by atoms with Crippen molar-refractivity contribution in [2.75, 3.05) is 23.8 Å². The molecule has 2 heterocycles. The van der Waals surface area contributed by atoms with E-state index in [1.54, 1.807) is 18.3 Å². The second-order valence-electron chi connectivity index (χ2n) is 8.68. The van der Waals surface area contributed by atoms with Gasteiger partial charge in [0.1, 0.15) is 30.2 Å². The summed E-state index contributed by atoms with van der Waals surface area (Å²) in [5, 5.41) is 13.1. The molecule has 0 aliphatic rings. The van der Waals surface area contributed by atoms with Crippen LogP contribution in [0.15, 0.2) is 49.1 Å². The van der Waals surface area contributed by atoms with Crippen LogP contribution < -0.4 is 25.4 Å². The zero-order chi connectivity index (χ0) is 27.8. The predicted octanol–water partition coefficient (Wildman–Crippen LogP) is 4.22. The van der Waals surface area contributed by atoms with Gasteiger partial charge in [-0.25, -0.2) is 18.7 Å². The number of benzene rings is 2. The number of aromatic nitrogens is 4. The average molecular weight is 536 g/mol. The standard InChI is InChI=1S/C27H27F2N7O3/c1-4-30-9-6-10-38-19-11-22-25(23(12-19)39-17(2)3)27(32-16-31-22)34-18-13-33-36(14-18)15-24(37)35-21-8-5-7-20(28)26(21)29/h1,5,7-8,11-14,16-17,30H,6,9-10,15H2,2-3H3,(H,35,37)(H,31,32,34). The van der Waals surface area contributed by atoms with Crippen LogP contribution in [0.1, 0.15) is 20.3 Å². The number of rotatable bonds is 12. The van der Waals surface area contributed by atoms with E-state index in [1.807, 2.05) is 13.8 Å². The van der Waals surface area contributed by atoms with Gasteiger partial charge in [0.2, 0.25) is 5.91 Å². The molecular formula is C27H27F2N7O3. The lowest BCUT2D eigenvalue weighted by molar-refractivity contribution is -0.116. The summed E-state index contributed by atoms with van der Waals surface area (Å²) in [5.74, 6) is -1.16. The Morgan fingerprint density at radius 1 is 1.23 bits per heavy atom. The second-order valence-corrected chi connectivity index (χ2v) is 8.68. The Hall–Kier alpha value is -4.92. The molecule has 4 aromatic rings. The zero-order valence-corrected chi connectivity index (χ0v) is 21.4. The van der Waals surface area contributed by atoms with Crippen LogP contribution in [-0.2, 0) is 11.3 Å². The van der Waals surface area contributed by atoms with E-state index in [-0.39, 0.29) is 18.3 Å². The van der Waals surface area contributed by atoms with E-state index in [2.05, 4.69) is 37.1 Å². The van der Waals surface area contributed by atoms with E-state index in [1.165, 1.54) is 29.3 Å². The van der Waals surface area contributed by atoms with Crippen LogP contribution in [0.3, 0.4) is 0 Å². The van der Waals surface area contributed by atoms with Crippen LogP contribution in [0.2, 0.25) is 0 Å². The highest BCUT2D eigenvalue weighted by atomic mass is 19.2. The number of halogens is 2. The molecule has 0 bridgehead atoms. The van der Waals surface area contributed by atoms with Gasteiger partial charge in [-0.3, -0.25) is 9.48 Å². The molecule has 12 heteroatoms. The highest BCUT2D eigenvalue weighted by Crippen LogP contribution is 2.36. The largest absolute Gasteiger partial charge is 0.493 e. The lowest BCUT2D eigenvalue weighted by Crippen LogP contribution is -2.19. The summed E-state index contributed by atoms with van der Waals surface area (Å²) < 4.78 is 40.5. The maximum absolute atomic E-state index is 13.9. The Labute approximate surface area is 223 Å². The SMILES string of the molecule is C#CNCCCOc1cc(OC(C)C)c2c(Nc3cnn(CC(=O)Nc4cccc(F)c4F)c3)ncnc2c1. The first kappa shape index (κ1) is 27.1. The number of amides is 1. The van der Waals surface area contributed by atoms with Crippen LogP contribution in [0.5, 0.6) is 11.5 Å². The third kappa shape index (κ3) is 7.10. The quantitative estimate of drug-likeness (QED) is 0.140. The highest BCUT2D eigenvalue weighted by molar-refractivity contribution is 5.96. The minimum atomic E-state index is -1.13. The van der Waals surface area contributed by atoms with Gasteiger partial charge in [0, 0.05) is 30.9 Å². The predicted molar refractivity (Wildman–Crippen MR) is 143 cm³/mol. The third-order valence-corrected chi connectivity index (χ3v) is 5.28. The summed E-state index contributed by atoms with van der Waals surface area (Å²) in [6.07, 6.45) is 10.3. The van der Waals surface area contributed by atoms with E-state index in [4.69, 9.17) is 15.9 Å². The molecule has 2 aromatic carbocycles. The fourth-order valence-corrected chi connectivity index (χ4v) is 3.67. The number of hydrogen-bond acceptors (Lipinski definition) is 8. The van der Waals surface area contributed by atoms with Crippen LogP contribution in [-0.4, -0.2) is 44.9 Å². The Morgan fingerprint density at radius 2 is 2.08 bits per heavy atom. The summed E-state index contributed by atoms with van der Waals surface area (Å²) >= 11 is 0. The molecule has 3 N–H and O–H groups in total. The first-order valence-electron chi connectivity index (χ1n) is 12.1. The van der Waals surface area contributed by atoms with E-state index in [9.17, 15) is 13.6 Å². The first-order chi connectivity index (χ1) is 18.8. The van der Waals surface area contributed by atoms with Gasteiger partial charge in [0.05, 0.1) is 41.2 Å². The molecule has 0 aliphatic heterocycles. The van der Waals surface area contributed by atoms with Gasteiger partial charge in [-0.2, -0.15) is 5.10 Å². The van der Waals surface area contributed by atoms with Crippen molar-refractivity contribution in [3.05, 3.63) is 60.7 Å². The molecule has 10 nitrogen and oxygen atoms in total. The van der Waals surface area contributed by atoms with Crippen molar-refractivity contribution in [1.29, 1.82) is 0 Å². The van der Waals surface area contributed by atoms with Gasteiger partial charge >= 0.3 is 0 Å². The smallest absolute Gasteiger partial charge is 0.246 e. The second kappa shape index (κ2) is 12.6. The highest BCUT2D eigenvalue weighted by Gasteiger charge is 2.16. The Morgan fingerprint density at radius 3 is 2.87 bits per heavy atom. The van der Waals surface area contributed by atoms with Crippen molar-refractivity contribution in [2.45, 2.75) is 32.9 Å². The number of anilines is 3. The average Bonchev–Trinajstić information content (AvgIpc) is 3.32. The van der Waals surface area contributed by atoms with Gasteiger partial charge in [-0.1, -0.05) is 12.5 Å². The van der Waals surface area contributed by atoms with Crippen molar-refractivity contribution in [1.82, 2.24) is 25.1 Å². The fraction of sp³-hybridized carbons (Fsp3) is 0.259. The zero-order valence-electron chi connectivity index (χ0n) is 21.4. The van der Waals surface area contributed by atoms with E-state index in [0.29, 0.717) is 47.1 Å². The lowest BCUT2D eigenvalue weighted by Gasteiger charge is -2.16. The summed E-state index contributed by atoms with van der Waals surface area (Å²) in [4.78, 5) is 21.1. The molecule has 39 heavy (non-hydrogen) atoms. The summed E-state index contributed by atoms with van der Waals surface area (Å²) in [6.45, 7) is 4.68. The molecule has 0 saturated heterocycles. The molecule has 4 rings (SSSR count). The molecule has 1 amide bonds. The molecule has 2 aromatic heterocycles. The summed E-state index contributed by atoms with van der Waals surface area (Å²) in [5.41, 5.74) is 0.895. The minimum absolute atomic E-state index is 0.125. The van der Waals surface area contributed by atoms with E-state index < -0.39 is 17.5 Å². The van der Waals surface area contributed by atoms with Crippen LogP contribution in [0, 0.1) is 24.1 Å². The van der Waals surface area contributed by atoms with Crippen molar-refractivity contribution in [3.63, 3.8) is 0 Å². The van der Waals surface area contributed by atoms with Gasteiger partial charge < -0.3 is 25.4 Å². The molecule has 0 fully saturated rings. The van der Waals surface area contributed by atoms with Crippen LogP contribution >= 0.6 is 0 Å². The molecule has 0 aliphatic carbocycles. The molecule has 202 valence electrons. The normalized spacial score (nSPS) is 10.8. The number of hydrogen-bond donors (Lipinski definition) is 3. The Kier molecular flexibility index (Phi) is 8.73. The third-order valence-electron chi connectivity index (χ3n) is 5.28. The number of carbonyl (C=O) groups is 1. The summed E-state index contributed by atoms with van der Waals surface area (Å²) in [7, 11) is 0. The number of ether oxygens (including phenoxy) is 2. The van der Waals surface area contributed by atoms with Crippen LogP contribution in [0.4, 0.5) is 26.0 Å². The van der Waals surface area contributed by atoms with Gasteiger partial charge in [-0.15, -0.1) is 0 Å². The maximum atomic E-state index is 13.9. The first-order valence-corrected chi connectivity index (χ1v) is 12.1. The summed E-state index contributed by atoms with van der Waals surface area (Å²) in [6, 6.07) is 9.50. The molecule has 0 saturated carbocycles. The van der Waals surface area contributed by atoms with Gasteiger partial charge in [0.15, 0.2) is 11.6 Å². The number of carbonyl (C=O) groups excluding carboxylic acids is 1.